The van der Waals surface area contributed by atoms with Crippen LogP contribution in [0, 0.1) is 18.8 Å². The highest BCUT2D eigenvalue weighted by atomic mass is 32.2. The number of hydrogen-bond acceptors (Lipinski definition) is 4. The van der Waals surface area contributed by atoms with Crippen LogP contribution in [0.2, 0.25) is 0 Å². The van der Waals surface area contributed by atoms with Crippen molar-refractivity contribution in [2.75, 3.05) is 13.1 Å². The Morgan fingerprint density at radius 2 is 1.75 bits per heavy atom. The van der Waals surface area contributed by atoms with Gasteiger partial charge in [0.05, 0.1) is 16.2 Å². The number of fused-ring (bicyclic) bond motifs is 2. The molecule has 1 saturated heterocycles. The monoisotopic (exact) mass is 453 g/mol. The molecule has 3 unspecified atom stereocenters. The summed E-state index contributed by atoms with van der Waals surface area (Å²) in [6.45, 7) is 2.81. The van der Waals surface area contributed by atoms with Crippen molar-refractivity contribution >= 4 is 15.9 Å². The average Bonchev–Trinajstić information content (AvgIpc) is 3.43. The van der Waals surface area contributed by atoms with Gasteiger partial charge in [-0.25, -0.2) is 8.42 Å². The summed E-state index contributed by atoms with van der Waals surface area (Å²) in [7, 11) is -3.49. The molecule has 3 fully saturated rings. The van der Waals surface area contributed by atoms with Crippen LogP contribution in [-0.2, 0) is 10.0 Å². The number of carbonyl (C=O) groups is 1. The molecule has 7 heteroatoms. The van der Waals surface area contributed by atoms with Gasteiger partial charge in [0.15, 0.2) is 0 Å². The van der Waals surface area contributed by atoms with Gasteiger partial charge in [-0.3, -0.25) is 9.78 Å². The third-order valence-corrected chi connectivity index (χ3v) is 9.50. The van der Waals surface area contributed by atoms with E-state index in [2.05, 4.69) is 5.32 Å². The number of piperidine rings is 1. The van der Waals surface area contributed by atoms with Gasteiger partial charge in [0, 0.05) is 30.7 Å². The van der Waals surface area contributed by atoms with Crippen LogP contribution in [0.25, 0.3) is 0 Å². The molecule has 2 aliphatic carbocycles. The Morgan fingerprint density at radius 1 is 1.00 bits per heavy atom. The molecule has 5 rings (SSSR count). The van der Waals surface area contributed by atoms with Gasteiger partial charge in [-0.1, -0.05) is 24.6 Å². The maximum absolute atomic E-state index is 13.2. The van der Waals surface area contributed by atoms with Crippen molar-refractivity contribution in [1.29, 1.82) is 0 Å². The molecular weight excluding hydrogens is 422 g/mol. The van der Waals surface area contributed by atoms with Crippen molar-refractivity contribution in [3.05, 3.63) is 59.4 Å². The first-order valence-electron chi connectivity index (χ1n) is 11.8. The van der Waals surface area contributed by atoms with Gasteiger partial charge < -0.3 is 5.32 Å². The number of sulfonamides is 1. The quantitative estimate of drug-likeness (QED) is 0.745. The summed E-state index contributed by atoms with van der Waals surface area (Å²) in [6.07, 6.45) is 6.20. The second-order valence-electron chi connectivity index (χ2n) is 9.63. The first-order valence-corrected chi connectivity index (χ1v) is 13.2. The fraction of sp³-hybridized carbons (Fsp3) is 0.520. The lowest BCUT2D eigenvalue weighted by atomic mass is 9.90. The Balaban J connectivity index is 1.30. The van der Waals surface area contributed by atoms with E-state index in [0.717, 1.165) is 23.7 Å². The molecule has 3 aliphatic rings. The lowest BCUT2D eigenvalue weighted by Crippen LogP contribution is -2.40. The van der Waals surface area contributed by atoms with Crippen LogP contribution in [0.4, 0.5) is 0 Å². The lowest BCUT2D eigenvalue weighted by molar-refractivity contribution is 0.0920. The topological polar surface area (TPSA) is 79.4 Å². The first kappa shape index (κ1) is 21.6. The molecule has 1 aromatic heterocycles. The number of benzene rings is 1. The summed E-state index contributed by atoms with van der Waals surface area (Å²) in [4.78, 5) is 18.3. The number of rotatable bonds is 5. The minimum Gasteiger partial charge on any atom is -0.349 e. The molecule has 170 valence electrons. The van der Waals surface area contributed by atoms with Crippen LogP contribution in [0.15, 0.2) is 47.4 Å². The number of aryl methyl sites for hydroxylation is 1. The minimum atomic E-state index is -3.49. The SMILES string of the molecule is Cc1ccc(C(=O)NC2CC3CCC2C3)c(C2CCN(S(=O)(=O)c3ccccc3)CC2)n1. The molecule has 1 aromatic carbocycles. The molecular formula is C25H31N3O3S. The van der Waals surface area contributed by atoms with Gasteiger partial charge in [0.25, 0.3) is 5.91 Å². The number of hydrogen-bond donors (Lipinski definition) is 1. The van der Waals surface area contributed by atoms with E-state index in [1.165, 1.54) is 19.3 Å². The van der Waals surface area contributed by atoms with E-state index in [9.17, 15) is 13.2 Å². The Hall–Kier alpha value is -2.25. The Labute approximate surface area is 190 Å². The minimum absolute atomic E-state index is 0.0237. The Bertz CT molecular complexity index is 1090. The Morgan fingerprint density at radius 3 is 2.41 bits per heavy atom. The number of carbonyl (C=O) groups excluding carboxylic acids is 1. The van der Waals surface area contributed by atoms with Crippen molar-refractivity contribution in [1.82, 2.24) is 14.6 Å². The molecule has 3 atom stereocenters. The van der Waals surface area contributed by atoms with Crippen molar-refractivity contribution in [2.45, 2.75) is 62.3 Å². The first-order chi connectivity index (χ1) is 15.4. The fourth-order valence-corrected chi connectivity index (χ4v) is 7.35. The number of amides is 1. The molecule has 6 nitrogen and oxygen atoms in total. The third kappa shape index (κ3) is 4.08. The molecule has 0 spiro atoms. The summed E-state index contributed by atoms with van der Waals surface area (Å²) in [5, 5.41) is 3.29. The number of nitrogens with zero attached hydrogens (tertiary/aromatic N) is 2. The van der Waals surface area contributed by atoms with Crippen molar-refractivity contribution in [3.8, 4) is 0 Å². The maximum atomic E-state index is 13.2. The van der Waals surface area contributed by atoms with Crippen LogP contribution in [0.1, 0.15) is 66.2 Å². The molecule has 1 amide bonds. The van der Waals surface area contributed by atoms with E-state index in [1.54, 1.807) is 28.6 Å². The summed E-state index contributed by atoms with van der Waals surface area (Å²) < 4.78 is 27.5. The van der Waals surface area contributed by atoms with E-state index in [0.29, 0.717) is 42.3 Å². The molecule has 32 heavy (non-hydrogen) atoms. The molecule has 2 aromatic rings. The van der Waals surface area contributed by atoms with E-state index in [4.69, 9.17) is 4.98 Å². The van der Waals surface area contributed by atoms with E-state index >= 15 is 0 Å². The van der Waals surface area contributed by atoms with Gasteiger partial charge >= 0.3 is 0 Å². The average molecular weight is 454 g/mol. The second kappa shape index (κ2) is 8.60. The number of nitrogens with one attached hydrogen (secondary N) is 1. The van der Waals surface area contributed by atoms with Crippen LogP contribution in [-0.4, -0.2) is 42.7 Å². The zero-order valence-electron chi connectivity index (χ0n) is 18.5. The maximum Gasteiger partial charge on any atom is 0.253 e. The molecule has 2 heterocycles. The Kier molecular flexibility index (Phi) is 5.80. The number of pyridine rings is 1. The van der Waals surface area contributed by atoms with Gasteiger partial charge in [-0.2, -0.15) is 4.31 Å². The highest BCUT2D eigenvalue weighted by Gasteiger charge is 2.40. The zero-order valence-corrected chi connectivity index (χ0v) is 19.4. The van der Waals surface area contributed by atoms with E-state index in [1.807, 2.05) is 25.1 Å². The summed E-state index contributed by atoms with van der Waals surface area (Å²) in [5.41, 5.74) is 2.36. The van der Waals surface area contributed by atoms with Gasteiger partial charge in [0.2, 0.25) is 10.0 Å². The largest absolute Gasteiger partial charge is 0.349 e. The van der Waals surface area contributed by atoms with Crippen LogP contribution < -0.4 is 5.32 Å². The van der Waals surface area contributed by atoms with Crippen LogP contribution in [0.3, 0.4) is 0 Å². The van der Waals surface area contributed by atoms with E-state index in [-0.39, 0.29) is 17.9 Å². The highest BCUT2D eigenvalue weighted by molar-refractivity contribution is 7.89. The highest BCUT2D eigenvalue weighted by Crippen LogP contribution is 2.44. The molecule has 2 saturated carbocycles. The van der Waals surface area contributed by atoms with Gasteiger partial charge in [-0.05, 0) is 75.1 Å². The third-order valence-electron chi connectivity index (χ3n) is 7.58. The number of aromatic nitrogens is 1. The summed E-state index contributed by atoms with van der Waals surface area (Å²) in [6, 6.07) is 12.7. The van der Waals surface area contributed by atoms with Crippen LogP contribution >= 0.6 is 0 Å². The van der Waals surface area contributed by atoms with Crippen molar-refractivity contribution in [3.63, 3.8) is 0 Å². The fourth-order valence-electron chi connectivity index (χ4n) is 5.86. The van der Waals surface area contributed by atoms with Crippen molar-refractivity contribution in [2.24, 2.45) is 11.8 Å². The predicted molar refractivity (Wildman–Crippen MR) is 123 cm³/mol. The molecule has 1 N–H and O–H groups in total. The zero-order chi connectivity index (χ0) is 22.3. The lowest BCUT2D eigenvalue weighted by Gasteiger charge is -2.32. The van der Waals surface area contributed by atoms with Gasteiger partial charge in [-0.15, -0.1) is 0 Å². The molecule has 1 aliphatic heterocycles. The van der Waals surface area contributed by atoms with Gasteiger partial charge in [0.1, 0.15) is 0 Å². The van der Waals surface area contributed by atoms with Crippen LogP contribution in [0.5, 0.6) is 0 Å². The molecule has 0 radical (unpaired) electrons. The molecule has 2 bridgehead atoms. The summed E-state index contributed by atoms with van der Waals surface area (Å²) in [5.74, 6) is 1.45. The summed E-state index contributed by atoms with van der Waals surface area (Å²) >= 11 is 0. The predicted octanol–water partition coefficient (Wildman–Crippen LogP) is 3.88. The van der Waals surface area contributed by atoms with E-state index < -0.39 is 10.0 Å². The normalized spacial score (nSPS) is 26.3. The van der Waals surface area contributed by atoms with Crippen molar-refractivity contribution < 1.29 is 13.2 Å². The smallest absolute Gasteiger partial charge is 0.253 e. The standard InChI is InChI=1S/C25H31N3O3S/c1-17-7-10-22(25(29)27-23-16-18-8-9-20(23)15-18)24(26-17)19-11-13-28(14-12-19)32(30,31)21-5-3-2-4-6-21/h2-7,10,18-20,23H,8-9,11-16H2,1H3,(H,27,29). The second-order valence-corrected chi connectivity index (χ2v) is 11.6.